The van der Waals surface area contributed by atoms with E-state index >= 15 is 0 Å². The predicted octanol–water partition coefficient (Wildman–Crippen LogP) is 2.17. The van der Waals surface area contributed by atoms with E-state index < -0.39 is 5.97 Å². The summed E-state index contributed by atoms with van der Waals surface area (Å²) in [6, 6.07) is 0. The summed E-state index contributed by atoms with van der Waals surface area (Å²) in [5.74, 6) is -0.585. The minimum atomic E-state index is -0.490. The van der Waals surface area contributed by atoms with Gasteiger partial charge >= 0.3 is 5.97 Å². The van der Waals surface area contributed by atoms with Crippen molar-refractivity contribution in [2.24, 2.45) is 0 Å². The molecule has 0 spiro atoms. The zero-order chi connectivity index (χ0) is 19.9. The quantitative estimate of drug-likeness (QED) is 0.512. The van der Waals surface area contributed by atoms with E-state index in [1.165, 1.54) is 18.4 Å². The molecule has 1 amide bonds. The fourth-order valence-corrected chi connectivity index (χ4v) is 3.78. The number of hydrogen-bond donors (Lipinski definition) is 2. The van der Waals surface area contributed by atoms with E-state index in [9.17, 15) is 9.59 Å². The average molecular weight is 401 g/mol. The molecule has 1 rings (SSSR count). The molecule has 9 heteroatoms. The SMILES string of the molecule is CCN(CC)C(=O)c1sc(NC(=S)NCCN(C)C)c(C(=O)OC)c1C. The van der Waals surface area contributed by atoms with Gasteiger partial charge in [0.2, 0.25) is 0 Å². The number of carbonyl (C=O) groups is 2. The first kappa shape index (κ1) is 22.3. The molecule has 1 aromatic heterocycles. The van der Waals surface area contributed by atoms with E-state index in [0.29, 0.717) is 45.8 Å². The lowest BCUT2D eigenvalue weighted by atomic mass is 10.1. The van der Waals surface area contributed by atoms with Gasteiger partial charge in [-0.3, -0.25) is 4.79 Å². The first-order valence-electron chi connectivity index (χ1n) is 8.47. The van der Waals surface area contributed by atoms with Crippen LogP contribution >= 0.6 is 23.6 Å². The molecule has 0 bridgehead atoms. The molecule has 0 saturated carbocycles. The summed E-state index contributed by atoms with van der Waals surface area (Å²) in [5.41, 5.74) is 0.960. The maximum absolute atomic E-state index is 12.7. The van der Waals surface area contributed by atoms with Crippen molar-refractivity contribution in [2.45, 2.75) is 20.8 Å². The third-order valence-corrected chi connectivity index (χ3v) is 5.29. The number of thiophene rings is 1. The van der Waals surface area contributed by atoms with E-state index in [0.717, 1.165) is 6.54 Å². The van der Waals surface area contributed by atoms with Gasteiger partial charge in [-0.25, -0.2) is 4.79 Å². The lowest BCUT2D eigenvalue weighted by molar-refractivity contribution is 0.0601. The van der Waals surface area contributed by atoms with Crippen LogP contribution in [0.2, 0.25) is 0 Å². The van der Waals surface area contributed by atoms with Crippen LogP contribution in [0.1, 0.15) is 39.4 Å². The van der Waals surface area contributed by atoms with Crippen molar-refractivity contribution in [2.75, 3.05) is 52.7 Å². The Balaban J connectivity index is 3.10. The van der Waals surface area contributed by atoms with E-state index in [2.05, 4.69) is 10.6 Å². The molecular weight excluding hydrogens is 372 g/mol. The van der Waals surface area contributed by atoms with Gasteiger partial charge < -0.3 is 25.2 Å². The molecule has 7 nitrogen and oxygen atoms in total. The van der Waals surface area contributed by atoms with Crippen LogP contribution in [-0.4, -0.2) is 74.2 Å². The van der Waals surface area contributed by atoms with Gasteiger partial charge in [0.25, 0.3) is 5.91 Å². The van der Waals surface area contributed by atoms with Crippen molar-refractivity contribution in [1.29, 1.82) is 0 Å². The highest BCUT2D eigenvalue weighted by Gasteiger charge is 2.27. The zero-order valence-corrected chi connectivity index (χ0v) is 17.9. The highest BCUT2D eigenvalue weighted by Crippen LogP contribution is 2.34. The third kappa shape index (κ3) is 5.65. The van der Waals surface area contributed by atoms with Crippen LogP contribution in [0.5, 0.6) is 0 Å². The lowest BCUT2D eigenvalue weighted by Crippen LogP contribution is -2.34. The molecule has 26 heavy (non-hydrogen) atoms. The number of hydrogen-bond acceptors (Lipinski definition) is 6. The number of rotatable bonds is 8. The number of esters is 1. The van der Waals surface area contributed by atoms with E-state index in [1.807, 2.05) is 32.8 Å². The summed E-state index contributed by atoms with van der Waals surface area (Å²) in [5, 5.41) is 7.05. The summed E-state index contributed by atoms with van der Waals surface area (Å²) < 4.78 is 4.89. The van der Waals surface area contributed by atoms with Crippen LogP contribution in [0.3, 0.4) is 0 Å². The topological polar surface area (TPSA) is 73.9 Å². The molecule has 0 aliphatic carbocycles. The van der Waals surface area contributed by atoms with Crippen LogP contribution in [0.15, 0.2) is 0 Å². The molecule has 2 N–H and O–H groups in total. The molecule has 0 fully saturated rings. The zero-order valence-electron chi connectivity index (χ0n) is 16.3. The van der Waals surface area contributed by atoms with Gasteiger partial charge in [0.15, 0.2) is 5.11 Å². The largest absolute Gasteiger partial charge is 0.465 e. The Kier molecular flexibility index (Phi) is 8.97. The van der Waals surface area contributed by atoms with Crippen molar-refractivity contribution in [3.05, 3.63) is 16.0 Å². The molecule has 1 aromatic rings. The second kappa shape index (κ2) is 10.4. The van der Waals surface area contributed by atoms with Crippen molar-refractivity contribution >= 4 is 45.5 Å². The Bertz CT molecular complexity index is 655. The maximum atomic E-state index is 12.7. The summed E-state index contributed by atoms with van der Waals surface area (Å²) >= 11 is 6.53. The standard InChI is InChI=1S/C17H28N4O3S2/c1-7-21(8-2)15(22)13-11(3)12(16(23)24-6)14(26-13)19-17(25)18-9-10-20(4)5/h7-10H2,1-6H3,(H2,18,19,25). The molecule has 0 aromatic carbocycles. The van der Waals surface area contributed by atoms with E-state index in [-0.39, 0.29) is 5.91 Å². The number of amides is 1. The maximum Gasteiger partial charge on any atom is 0.341 e. The van der Waals surface area contributed by atoms with Crippen molar-refractivity contribution in [3.8, 4) is 0 Å². The highest BCUT2D eigenvalue weighted by molar-refractivity contribution is 7.80. The van der Waals surface area contributed by atoms with Crippen molar-refractivity contribution in [1.82, 2.24) is 15.1 Å². The molecule has 0 atom stereocenters. The number of nitrogens with one attached hydrogen (secondary N) is 2. The Hall–Kier alpha value is -1.71. The molecule has 0 radical (unpaired) electrons. The number of thiocarbonyl (C=S) groups is 1. The van der Waals surface area contributed by atoms with Gasteiger partial charge in [-0.15, -0.1) is 11.3 Å². The molecule has 0 saturated heterocycles. The second-order valence-corrected chi connectivity index (χ2v) is 7.34. The van der Waals surface area contributed by atoms with Crippen LogP contribution in [0.4, 0.5) is 5.00 Å². The fourth-order valence-electron chi connectivity index (χ4n) is 2.35. The molecule has 0 unspecified atom stereocenters. The van der Waals surface area contributed by atoms with E-state index in [1.54, 1.807) is 11.8 Å². The van der Waals surface area contributed by atoms with Gasteiger partial charge in [0.1, 0.15) is 5.00 Å². The minimum Gasteiger partial charge on any atom is -0.465 e. The Morgan fingerprint density at radius 1 is 1.23 bits per heavy atom. The van der Waals surface area contributed by atoms with Crippen LogP contribution in [0, 0.1) is 6.92 Å². The van der Waals surface area contributed by atoms with Crippen molar-refractivity contribution in [3.63, 3.8) is 0 Å². The summed E-state index contributed by atoms with van der Waals surface area (Å²) in [6.07, 6.45) is 0. The molecule has 0 aliphatic heterocycles. The number of likely N-dealkylation sites (N-methyl/N-ethyl adjacent to an activating group) is 1. The monoisotopic (exact) mass is 400 g/mol. The van der Waals surface area contributed by atoms with Gasteiger partial charge in [-0.05, 0) is 52.6 Å². The van der Waals surface area contributed by atoms with Crippen LogP contribution in [-0.2, 0) is 4.74 Å². The molecule has 0 aliphatic rings. The number of carbonyl (C=O) groups excluding carboxylic acids is 2. The fraction of sp³-hybridized carbons (Fsp3) is 0.588. The summed E-state index contributed by atoms with van der Waals surface area (Å²) in [4.78, 5) is 29.2. The average Bonchev–Trinajstić information content (AvgIpc) is 2.90. The van der Waals surface area contributed by atoms with Gasteiger partial charge in [-0.2, -0.15) is 0 Å². The Morgan fingerprint density at radius 2 is 1.85 bits per heavy atom. The molecular formula is C17H28N4O3S2. The molecule has 146 valence electrons. The lowest BCUT2D eigenvalue weighted by Gasteiger charge is -2.18. The summed E-state index contributed by atoms with van der Waals surface area (Å²) in [6.45, 7) is 8.31. The number of ether oxygens (including phenoxy) is 1. The molecule has 1 heterocycles. The summed E-state index contributed by atoms with van der Waals surface area (Å²) in [7, 11) is 5.27. The first-order valence-corrected chi connectivity index (χ1v) is 9.69. The van der Waals surface area contributed by atoms with E-state index in [4.69, 9.17) is 17.0 Å². The second-order valence-electron chi connectivity index (χ2n) is 5.91. The predicted molar refractivity (Wildman–Crippen MR) is 110 cm³/mol. The van der Waals surface area contributed by atoms with Crippen LogP contribution < -0.4 is 10.6 Å². The number of anilines is 1. The first-order chi connectivity index (χ1) is 12.3. The van der Waals surface area contributed by atoms with Crippen LogP contribution in [0.25, 0.3) is 0 Å². The van der Waals surface area contributed by atoms with Gasteiger partial charge in [0, 0.05) is 26.2 Å². The minimum absolute atomic E-state index is 0.0952. The Labute approximate surface area is 164 Å². The number of methoxy groups -OCH3 is 1. The third-order valence-electron chi connectivity index (χ3n) is 3.85. The number of nitrogens with zero attached hydrogens (tertiary/aromatic N) is 2. The van der Waals surface area contributed by atoms with Gasteiger partial charge in [0.05, 0.1) is 17.6 Å². The Morgan fingerprint density at radius 3 is 2.35 bits per heavy atom. The smallest absolute Gasteiger partial charge is 0.341 e. The highest BCUT2D eigenvalue weighted by atomic mass is 32.1. The van der Waals surface area contributed by atoms with Crippen molar-refractivity contribution < 1.29 is 14.3 Å². The van der Waals surface area contributed by atoms with Gasteiger partial charge in [-0.1, -0.05) is 0 Å². The normalized spacial score (nSPS) is 10.6.